The molecule has 0 aliphatic carbocycles. The molecule has 0 aliphatic rings. The van der Waals surface area contributed by atoms with Crippen LogP contribution >= 0.6 is 0 Å². The van der Waals surface area contributed by atoms with E-state index in [1.165, 1.54) is 0 Å². The molecule has 0 saturated heterocycles. The van der Waals surface area contributed by atoms with Crippen LogP contribution in [0.5, 0.6) is 0 Å². The highest BCUT2D eigenvalue weighted by Gasteiger charge is 2.23. The van der Waals surface area contributed by atoms with Crippen molar-refractivity contribution < 1.29 is 13.5 Å². The van der Waals surface area contributed by atoms with Crippen molar-refractivity contribution in [3.63, 3.8) is 0 Å². The molecule has 1 aromatic carbocycles. The van der Waals surface area contributed by atoms with E-state index >= 15 is 0 Å². The molecular weight excluding hydrogens is 288 g/mol. The first-order valence-corrected chi connectivity index (χ1v) is 8.55. The summed E-state index contributed by atoms with van der Waals surface area (Å²) >= 11 is 0. The molecule has 0 unspecified atom stereocenters. The van der Waals surface area contributed by atoms with Crippen LogP contribution in [0.4, 0.5) is 5.69 Å². The summed E-state index contributed by atoms with van der Waals surface area (Å²) in [5.41, 5.74) is 7.75. The Bertz CT molecular complexity index is 595. The van der Waals surface area contributed by atoms with E-state index in [2.05, 4.69) is 4.72 Å². The smallest absolute Gasteiger partial charge is 0.242 e. The standard InChI is InChI=1S/C15H26N2O3S/c1-11-8-13(16)14(9-12(11)2)21(19,20)17-10-15(3,4)6-5-7-18/h8-9,17-18H,5-7,10,16H2,1-4H3. The Morgan fingerprint density at radius 1 is 1.24 bits per heavy atom. The molecule has 0 aliphatic heterocycles. The maximum atomic E-state index is 12.4. The number of sulfonamides is 1. The van der Waals surface area contributed by atoms with Gasteiger partial charge in [0.05, 0.1) is 5.69 Å². The third-order valence-corrected chi connectivity index (χ3v) is 5.13. The summed E-state index contributed by atoms with van der Waals surface area (Å²) in [4.78, 5) is 0.128. The molecule has 0 spiro atoms. The van der Waals surface area contributed by atoms with Crippen molar-refractivity contribution in [1.29, 1.82) is 0 Å². The molecule has 6 heteroatoms. The molecule has 0 radical (unpaired) electrons. The molecule has 0 amide bonds. The third kappa shape index (κ3) is 4.98. The largest absolute Gasteiger partial charge is 0.398 e. The van der Waals surface area contributed by atoms with Crippen LogP contribution in [0.3, 0.4) is 0 Å². The van der Waals surface area contributed by atoms with Crippen LogP contribution in [0, 0.1) is 19.3 Å². The Labute approximate surface area is 127 Å². The lowest BCUT2D eigenvalue weighted by Crippen LogP contribution is -2.34. The van der Waals surface area contributed by atoms with E-state index in [0.717, 1.165) is 17.5 Å². The van der Waals surface area contributed by atoms with E-state index in [0.29, 0.717) is 13.0 Å². The predicted molar refractivity (Wildman–Crippen MR) is 85.6 cm³/mol. The number of rotatable bonds is 7. The molecule has 1 rings (SSSR count). The minimum atomic E-state index is -3.63. The van der Waals surface area contributed by atoms with Gasteiger partial charge >= 0.3 is 0 Å². The zero-order chi connectivity index (χ0) is 16.3. The maximum Gasteiger partial charge on any atom is 0.242 e. The second kappa shape index (κ2) is 6.77. The van der Waals surface area contributed by atoms with Crippen LogP contribution in [0.15, 0.2) is 17.0 Å². The lowest BCUT2D eigenvalue weighted by atomic mass is 9.88. The number of aliphatic hydroxyl groups excluding tert-OH is 1. The zero-order valence-corrected chi connectivity index (χ0v) is 14.0. The van der Waals surface area contributed by atoms with Crippen molar-refractivity contribution in [1.82, 2.24) is 4.72 Å². The molecule has 0 bridgehead atoms. The maximum absolute atomic E-state index is 12.4. The van der Waals surface area contributed by atoms with Crippen LogP contribution < -0.4 is 10.5 Å². The molecule has 5 nitrogen and oxygen atoms in total. The fraction of sp³-hybridized carbons (Fsp3) is 0.600. The van der Waals surface area contributed by atoms with E-state index in [1.54, 1.807) is 12.1 Å². The Balaban J connectivity index is 2.90. The van der Waals surface area contributed by atoms with Gasteiger partial charge in [0, 0.05) is 13.2 Å². The summed E-state index contributed by atoms with van der Waals surface area (Å²) in [6.07, 6.45) is 1.40. The number of nitrogens with two attached hydrogens (primary N) is 1. The van der Waals surface area contributed by atoms with E-state index in [-0.39, 0.29) is 22.6 Å². The third-order valence-electron chi connectivity index (χ3n) is 3.67. The highest BCUT2D eigenvalue weighted by molar-refractivity contribution is 7.89. The molecule has 0 aromatic heterocycles. The monoisotopic (exact) mass is 314 g/mol. The molecule has 0 saturated carbocycles. The first-order valence-electron chi connectivity index (χ1n) is 7.06. The van der Waals surface area contributed by atoms with Crippen molar-refractivity contribution in [3.05, 3.63) is 23.3 Å². The summed E-state index contributed by atoms with van der Waals surface area (Å²) in [6.45, 7) is 8.11. The van der Waals surface area contributed by atoms with Gasteiger partial charge in [-0.15, -0.1) is 0 Å². The fourth-order valence-corrected chi connectivity index (χ4v) is 3.50. The van der Waals surface area contributed by atoms with Gasteiger partial charge in [0.25, 0.3) is 0 Å². The first kappa shape index (κ1) is 17.9. The molecule has 0 fully saturated rings. The Morgan fingerprint density at radius 2 is 1.81 bits per heavy atom. The normalized spacial score (nSPS) is 12.6. The summed E-state index contributed by atoms with van der Waals surface area (Å²) in [6, 6.07) is 3.29. The van der Waals surface area contributed by atoms with Gasteiger partial charge in [0.2, 0.25) is 10.0 Å². The van der Waals surface area contributed by atoms with Gasteiger partial charge in [0.1, 0.15) is 4.90 Å². The molecule has 21 heavy (non-hydrogen) atoms. The zero-order valence-electron chi connectivity index (χ0n) is 13.2. The number of nitrogens with one attached hydrogen (secondary N) is 1. The van der Waals surface area contributed by atoms with Gasteiger partial charge in [-0.3, -0.25) is 0 Å². The lowest BCUT2D eigenvalue weighted by Gasteiger charge is -2.24. The molecule has 0 atom stereocenters. The van der Waals surface area contributed by atoms with Gasteiger partial charge in [-0.25, -0.2) is 13.1 Å². The summed E-state index contributed by atoms with van der Waals surface area (Å²) in [5, 5.41) is 8.87. The van der Waals surface area contributed by atoms with Crippen molar-refractivity contribution in [2.45, 2.75) is 45.4 Å². The van der Waals surface area contributed by atoms with Crippen molar-refractivity contribution in [2.24, 2.45) is 5.41 Å². The topological polar surface area (TPSA) is 92.4 Å². The summed E-state index contributed by atoms with van der Waals surface area (Å²) in [5.74, 6) is 0. The number of anilines is 1. The molecular formula is C15H26N2O3S. The predicted octanol–water partition coefficient (Wildman–Crippen LogP) is 1.96. The number of aryl methyl sites for hydroxylation is 2. The van der Waals surface area contributed by atoms with Gasteiger partial charge in [0.15, 0.2) is 0 Å². The first-order chi connectivity index (χ1) is 9.59. The van der Waals surface area contributed by atoms with Crippen LogP contribution in [0.2, 0.25) is 0 Å². The Kier molecular flexibility index (Phi) is 5.78. The van der Waals surface area contributed by atoms with E-state index in [4.69, 9.17) is 10.8 Å². The van der Waals surface area contributed by atoms with Crippen molar-refractivity contribution in [2.75, 3.05) is 18.9 Å². The van der Waals surface area contributed by atoms with Crippen LogP contribution in [0.1, 0.15) is 37.8 Å². The fourth-order valence-electron chi connectivity index (χ4n) is 2.06. The van der Waals surface area contributed by atoms with Crippen molar-refractivity contribution in [3.8, 4) is 0 Å². The quantitative estimate of drug-likeness (QED) is 0.671. The highest BCUT2D eigenvalue weighted by Crippen LogP contribution is 2.25. The SMILES string of the molecule is Cc1cc(N)c(S(=O)(=O)NCC(C)(C)CCCO)cc1C. The average Bonchev–Trinajstić information content (AvgIpc) is 2.38. The molecule has 0 heterocycles. The Morgan fingerprint density at radius 3 is 2.38 bits per heavy atom. The average molecular weight is 314 g/mol. The van der Waals surface area contributed by atoms with Crippen LogP contribution in [-0.4, -0.2) is 26.7 Å². The lowest BCUT2D eigenvalue weighted by molar-refractivity contribution is 0.242. The minimum absolute atomic E-state index is 0.111. The van der Waals surface area contributed by atoms with E-state index in [9.17, 15) is 8.42 Å². The molecule has 120 valence electrons. The van der Waals surface area contributed by atoms with E-state index < -0.39 is 10.0 Å². The van der Waals surface area contributed by atoms with Crippen LogP contribution in [0.25, 0.3) is 0 Å². The second-order valence-electron chi connectivity index (χ2n) is 6.29. The highest BCUT2D eigenvalue weighted by atomic mass is 32.2. The van der Waals surface area contributed by atoms with Gasteiger partial charge < -0.3 is 10.8 Å². The van der Waals surface area contributed by atoms with Gasteiger partial charge in [-0.1, -0.05) is 13.8 Å². The summed E-state index contributed by atoms with van der Waals surface area (Å²) in [7, 11) is -3.63. The number of hydrogen-bond acceptors (Lipinski definition) is 4. The second-order valence-corrected chi connectivity index (χ2v) is 8.03. The minimum Gasteiger partial charge on any atom is -0.398 e. The number of hydrogen-bond donors (Lipinski definition) is 3. The van der Waals surface area contributed by atoms with E-state index in [1.807, 2.05) is 27.7 Å². The molecule has 4 N–H and O–H groups in total. The number of nitrogen functional groups attached to an aromatic ring is 1. The number of benzene rings is 1. The van der Waals surface area contributed by atoms with Crippen molar-refractivity contribution >= 4 is 15.7 Å². The summed E-state index contributed by atoms with van der Waals surface area (Å²) < 4.78 is 27.4. The van der Waals surface area contributed by atoms with Gasteiger partial charge in [-0.2, -0.15) is 0 Å². The van der Waals surface area contributed by atoms with Gasteiger partial charge in [-0.05, 0) is 55.4 Å². The Hall–Kier alpha value is -1.11. The molecule has 1 aromatic rings. The van der Waals surface area contributed by atoms with Crippen LogP contribution in [-0.2, 0) is 10.0 Å². The number of aliphatic hydroxyl groups is 1.